The number of benzene rings is 1. The molecule has 1 N–H and O–H groups in total. The maximum absolute atomic E-state index is 14.0. The van der Waals surface area contributed by atoms with Gasteiger partial charge in [-0.05, 0) is 44.0 Å². The number of pyridine rings is 2. The average Bonchev–Trinajstić information content (AvgIpc) is 2.81. The summed E-state index contributed by atoms with van der Waals surface area (Å²) >= 11 is 1.45. The van der Waals surface area contributed by atoms with Gasteiger partial charge in [-0.2, -0.15) is 5.26 Å². The first kappa shape index (κ1) is 20.3. The van der Waals surface area contributed by atoms with Crippen molar-refractivity contribution < 1.29 is 4.79 Å². The first-order chi connectivity index (χ1) is 14.6. The molecule has 1 aliphatic heterocycles. The van der Waals surface area contributed by atoms with Crippen molar-refractivity contribution in [1.82, 2.24) is 15.3 Å². The summed E-state index contributed by atoms with van der Waals surface area (Å²) in [7, 11) is 0. The second-order valence-corrected chi connectivity index (χ2v) is 8.91. The monoisotopic (exact) mass is 414 g/mol. The number of Topliss-reactive ketones (excluding diaryl/α,β-unsaturated/α-hetero) is 1. The molecule has 1 saturated heterocycles. The van der Waals surface area contributed by atoms with Crippen LogP contribution in [0.5, 0.6) is 0 Å². The van der Waals surface area contributed by atoms with Gasteiger partial charge in [0, 0.05) is 36.1 Å². The molecule has 150 valence electrons. The van der Waals surface area contributed by atoms with Gasteiger partial charge < -0.3 is 5.32 Å². The van der Waals surface area contributed by atoms with Crippen molar-refractivity contribution in [2.45, 2.75) is 35.6 Å². The summed E-state index contributed by atoms with van der Waals surface area (Å²) < 4.78 is -0.708. The highest BCUT2D eigenvalue weighted by Crippen LogP contribution is 2.41. The van der Waals surface area contributed by atoms with Gasteiger partial charge in [0.15, 0.2) is 5.78 Å². The molecule has 1 fully saturated rings. The van der Waals surface area contributed by atoms with Crippen LogP contribution in [-0.4, -0.2) is 33.1 Å². The van der Waals surface area contributed by atoms with Crippen LogP contribution in [0.3, 0.4) is 0 Å². The third-order valence-corrected chi connectivity index (χ3v) is 6.75. The van der Waals surface area contributed by atoms with Gasteiger partial charge in [-0.15, -0.1) is 0 Å². The summed E-state index contributed by atoms with van der Waals surface area (Å²) in [6.07, 6.45) is 4.96. The van der Waals surface area contributed by atoms with Crippen molar-refractivity contribution in [2.24, 2.45) is 0 Å². The molecule has 0 amide bonds. The van der Waals surface area contributed by atoms with Crippen LogP contribution >= 0.6 is 11.8 Å². The average molecular weight is 415 g/mol. The summed E-state index contributed by atoms with van der Waals surface area (Å²) in [5.41, 5.74) is 2.77. The number of aromatic nitrogens is 2. The molecule has 0 radical (unpaired) electrons. The molecule has 4 rings (SSSR count). The zero-order valence-corrected chi connectivity index (χ0v) is 17.5. The van der Waals surface area contributed by atoms with Gasteiger partial charge in [0.25, 0.3) is 0 Å². The number of hydrogen-bond acceptors (Lipinski definition) is 6. The van der Waals surface area contributed by atoms with E-state index in [1.54, 1.807) is 24.5 Å². The number of hydrogen-bond donors (Lipinski definition) is 1. The van der Waals surface area contributed by atoms with E-state index in [4.69, 9.17) is 0 Å². The van der Waals surface area contributed by atoms with Crippen molar-refractivity contribution in [3.8, 4) is 17.3 Å². The van der Waals surface area contributed by atoms with E-state index >= 15 is 0 Å². The fourth-order valence-corrected chi connectivity index (χ4v) is 4.98. The number of carbonyl (C=O) groups excluding carboxylic acids is 1. The van der Waals surface area contributed by atoms with Gasteiger partial charge in [-0.3, -0.25) is 9.78 Å². The molecule has 6 heteroatoms. The maximum atomic E-state index is 14.0. The molecule has 2 aromatic heterocycles. The van der Waals surface area contributed by atoms with Crippen LogP contribution in [0.15, 0.2) is 72.0 Å². The molecular formula is C24H22N4OS. The SMILES string of the molecule is C[C@@H]1CC[C@](Sc2cc(C#N)ccn2)(C(=O)c2cccnc2-c2ccccc2)CN1. The fourth-order valence-electron chi connectivity index (χ4n) is 3.70. The molecule has 1 aliphatic rings. The Balaban J connectivity index is 1.75. The third-order valence-electron chi connectivity index (χ3n) is 5.39. The third kappa shape index (κ3) is 4.13. The number of piperidine rings is 1. The van der Waals surface area contributed by atoms with Crippen molar-refractivity contribution in [2.75, 3.05) is 6.54 Å². The summed E-state index contributed by atoms with van der Waals surface area (Å²) in [4.78, 5) is 22.9. The van der Waals surface area contributed by atoms with Crippen molar-refractivity contribution in [3.05, 3.63) is 78.1 Å². The summed E-state index contributed by atoms with van der Waals surface area (Å²) in [6, 6.07) is 19.4. The minimum atomic E-state index is -0.708. The highest BCUT2D eigenvalue weighted by molar-refractivity contribution is 8.01. The Morgan fingerprint density at radius 2 is 2.00 bits per heavy atom. The quantitative estimate of drug-likeness (QED) is 0.619. The van der Waals surface area contributed by atoms with Crippen LogP contribution in [0.25, 0.3) is 11.3 Å². The van der Waals surface area contributed by atoms with Gasteiger partial charge >= 0.3 is 0 Å². The molecule has 5 nitrogen and oxygen atoms in total. The highest BCUT2D eigenvalue weighted by Gasteiger charge is 2.43. The van der Waals surface area contributed by atoms with Crippen LogP contribution in [0.4, 0.5) is 0 Å². The summed E-state index contributed by atoms with van der Waals surface area (Å²) in [5.74, 6) is 0.0445. The van der Waals surface area contributed by atoms with E-state index in [2.05, 4.69) is 28.3 Å². The van der Waals surface area contributed by atoms with E-state index in [1.807, 2.05) is 42.5 Å². The summed E-state index contributed by atoms with van der Waals surface area (Å²) in [6.45, 7) is 2.67. The second kappa shape index (κ2) is 8.78. The zero-order valence-electron chi connectivity index (χ0n) is 16.7. The number of ketones is 1. The topological polar surface area (TPSA) is 78.7 Å². The smallest absolute Gasteiger partial charge is 0.182 e. The van der Waals surface area contributed by atoms with Crippen LogP contribution in [0.1, 0.15) is 35.7 Å². The Labute approximate surface area is 180 Å². The predicted octanol–water partition coefficient (Wildman–Crippen LogP) is 4.50. The Kier molecular flexibility index (Phi) is 5.93. The number of rotatable bonds is 5. The maximum Gasteiger partial charge on any atom is 0.182 e. The standard InChI is InChI=1S/C24H22N4OS/c1-17-9-11-24(16-28-17,30-21-14-18(15-25)10-13-26-21)23(29)20-8-5-12-27-22(20)19-6-3-2-4-7-19/h2-8,10,12-14,17,28H,9,11,16H2,1H3/t17-,24-/m1/s1. The molecule has 0 spiro atoms. The van der Waals surface area contributed by atoms with Crippen LogP contribution < -0.4 is 5.32 Å². The first-order valence-electron chi connectivity index (χ1n) is 9.95. The summed E-state index contributed by atoms with van der Waals surface area (Å²) in [5, 5.41) is 13.4. The normalized spacial score (nSPS) is 21.0. The number of carbonyl (C=O) groups is 1. The van der Waals surface area contributed by atoms with E-state index in [0.717, 1.165) is 18.4 Å². The minimum absolute atomic E-state index is 0.0445. The lowest BCUT2D eigenvalue weighted by atomic mass is 9.86. The minimum Gasteiger partial charge on any atom is -0.312 e. The van der Waals surface area contributed by atoms with Crippen LogP contribution in [-0.2, 0) is 0 Å². The largest absolute Gasteiger partial charge is 0.312 e. The zero-order chi connectivity index (χ0) is 21.0. The molecule has 3 heterocycles. The van der Waals surface area contributed by atoms with Crippen molar-refractivity contribution in [3.63, 3.8) is 0 Å². The number of nitrogens with zero attached hydrogens (tertiary/aromatic N) is 3. The fraction of sp³-hybridized carbons (Fsp3) is 0.250. The van der Waals surface area contributed by atoms with Gasteiger partial charge in [-0.1, -0.05) is 42.1 Å². The predicted molar refractivity (Wildman–Crippen MR) is 118 cm³/mol. The number of thioether (sulfide) groups is 1. The molecule has 0 bridgehead atoms. The number of nitriles is 1. The van der Waals surface area contributed by atoms with E-state index in [-0.39, 0.29) is 5.78 Å². The van der Waals surface area contributed by atoms with Gasteiger partial charge in [0.05, 0.1) is 27.1 Å². The second-order valence-electron chi connectivity index (χ2n) is 7.51. The highest BCUT2D eigenvalue weighted by atomic mass is 32.2. The Hall–Kier alpha value is -3.01. The van der Waals surface area contributed by atoms with E-state index < -0.39 is 4.75 Å². The van der Waals surface area contributed by atoms with Gasteiger partial charge in [-0.25, -0.2) is 4.98 Å². The van der Waals surface area contributed by atoms with Gasteiger partial charge in [0.2, 0.25) is 0 Å². The molecule has 0 unspecified atom stereocenters. The number of nitrogens with one attached hydrogen (secondary N) is 1. The lowest BCUT2D eigenvalue weighted by Gasteiger charge is -2.38. The Bertz CT molecular complexity index is 1090. The van der Waals surface area contributed by atoms with E-state index in [1.165, 1.54) is 11.8 Å². The molecule has 2 atom stereocenters. The first-order valence-corrected chi connectivity index (χ1v) is 10.8. The van der Waals surface area contributed by atoms with Crippen LogP contribution in [0.2, 0.25) is 0 Å². The van der Waals surface area contributed by atoms with Crippen LogP contribution in [0, 0.1) is 11.3 Å². The lowest BCUT2D eigenvalue weighted by Crippen LogP contribution is -2.52. The molecule has 30 heavy (non-hydrogen) atoms. The molecule has 3 aromatic rings. The molecule has 1 aromatic carbocycles. The Morgan fingerprint density at radius 1 is 1.17 bits per heavy atom. The molecule has 0 aliphatic carbocycles. The van der Waals surface area contributed by atoms with E-state index in [9.17, 15) is 10.1 Å². The Morgan fingerprint density at radius 3 is 2.73 bits per heavy atom. The van der Waals surface area contributed by atoms with Crippen molar-refractivity contribution in [1.29, 1.82) is 5.26 Å². The van der Waals surface area contributed by atoms with Crippen molar-refractivity contribution >= 4 is 17.5 Å². The van der Waals surface area contributed by atoms with E-state index in [0.29, 0.717) is 34.4 Å². The lowest BCUT2D eigenvalue weighted by molar-refractivity contribution is 0.0920. The molecule has 0 saturated carbocycles. The molecular weight excluding hydrogens is 392 g/mol. The van der Waals surface area contributed by atoms with Gasteiger partial charge in [0.1, 0.15) is 0 Å².